The molecule has 1 aliphatic rings. The summed E-state index contributed by atoms with van der Waals surface area (Å²) in [6, 6.07) is 8.21. The van der Waals surface area contributed by atoms with Crippen molar-refractivity contribution in [2.75, 3.05) is 20.2 Å². The number of aromatic nitrogens is 1. The maximum Gasteiger partial charge on any atom is 0.410 e. The van der Waals surface area contributed by atoms with Gasteiger partial charge in [0.05, 0.1) is 13.7 Å². The number of ether oxygens (including phenoxy) is 3. The van der Waals surface area contributed by atoms with E-state index in [-0.39, 0.29) is 30.2 Å². The Kier molecular flexibility index (Phi) is 7.68. The maximum absolute atomic E-state index is 12.7. The molecule has 0 unspecified atom stereocenters. The maximum atomic E-state index is 12.7. The molecule has 9 heteroatoms. The normalized spacial score (nSPS) is 14.6. The number of hydrogen-bond acceptors (Lipinski definition) is 6. The molecule has 0 spiro atoms. The van der Waals surface area contributed by atoms with E-state index in [2.05, 4.69) is 0 Å². The van der Waals surface area contributed by atoms with E-state index in [4.69, 9.17) is 25.8 Å². The molecular weight excluding hydrogens is 448 g/mol. The number of ketones is 1. The number of Topliss-reactive ketones (excluding diaryl/α,β-unsaturated/α-hetero) is 1. The van der Waals surface area contributed by atoms with Gasteiger partial charge in [-0.25, -0.2) is 9.59 Å². The number of rotatable bonds is 6. The molecule has 0 bridgehead atoms. The Morgan fingerprint density at radius 3 is 2.42 bits per heavy atom. The van der Waals surface area contributed by atoms with Crippen molar-refractivity contribution in [2.24, 2.45) is 0 Å². The van der Waals surface area contributed by atoms with Crippen molar-refractivity contribution in [3.05, 3.63) is 52.8 Å². The van der Waals surface area contributed by atoms with Crippen molar-refractivity contribution in [3.63, 3.8) is 0 Å². The van der Waals surface area contributed by atoms with Crippen LogP contribution in [0.1, 0.15) is 54.5 Å². The molecule has 0 atom stereocenters. The van der Waals surface area contributed by atoms with E-state index in [9.17, 15) is 14.4 Å². The van der Waals surface area contributed by atoms with E-state index >= 15 is 0 Å². The third-order valence-corrected chi connectivity index (χ3v) is 5.36. The number of carbonyl (C=O) groups excluding carboxylic acids is 3. The fraction of sp³-hybridized carbons (Fsp3) is 0.458. The lowest BCUT2D eigenvalue weighted by Crippen LogP contribution is -2.44. The van der Waals surface area contributed by atoms with Crippen LogP contribution in [-0.2, 0) is 16.0 Å². The summed E-state index contributed by atoms with van der Waals surface area (Å²) in [6.45, 7) is 6.46. The first-order valence-electron chi connectivity index (χ1n) is 10.8. The number of amides is 1. The second-order valence-corrected chi connectivity index (χ2v) is 9.34. The molecule has 2 aromatic rings. The number of methoxy groups -OCH3 is 1. The van der Waals surface area contributed by atoms with Gasteiger partial charge in [-0.3, -0.25) is 4.79 Å². The smallest absolute Gasteiger partial charge is 0.410 e. The highest BCUT2D eigenvalue weighted by atomic mass is 35.5. The Bertz CT molecular complexity index is 1020. The predicted octanol–water partition coefficient (Wildman–Crippen LogP) is 4.59. The molecule has 1 fully saturated rings. The van der Waals surface area contributed by atoms with Gasteiger partial charge in [-0.1, -0.05) is 23.7 Å². The molecule has 1 amide bonds. The number of nitrogens with zero attached hydrogens (tertiary/aromatic N) is 2. The summed E-state index contributed by atoms with van der Waals surface area (Å²) in [5, 5.41) is 0.461. The monoisotopic (exact) mass is 476 g/mol. The molecule has 0 saturated carbocycles. The third kappa shape index (κ3) is 6.74. The topological polar surface area (TPSA) is 87.1 Å². The minimum Gasteiger partial charge on any atom is -0.489 e. The van der Waals surface area contributed by atoms with Crippen LogP contribution in [0.5, 0.6) is 5.75 Å². The summed E-state index contributed by atoms with van der Waals surface area (Å²) >= 11 is 5.98. The summed E-state index contributed by atoms with van der Waals surface area (Å²) in [4.78, 5) is 38.9. The largest absolute Gasteiger partial charge is 0.489 e. The highest BCUT2D eigenvalue weighted by molar-refractivity contribution is 6.31. The van der Waals surface area contributed by atoms with Crippen molar-refractivity contribution in [1.82, 2.24) is 9.47 Å². The minimum atomic E-state index is -0.566. The average molecular weight is 477 g/mol. The quantitative estimate of drug-likeness (QED) is 0.447. The third-order valence-electron chi connectivity index (χ3n) is 5.12. The van der Waals surface area contributed by atoms with Crippen LogP contribution in [-0.4, -0.2) is 59.2 Å². The first-order valence-corrected chi connectivity index (χ1v) is 11.2. The van der Waals surface area contributed by atoms with Gasteiger partial charge < -0.3 is 23.7 Å². The van der Waals surface area contributed by atoms with Crippen LogP contribution < -0.4 is 4.74 Å². The summed E-state index contributed by atoms with van der Waals surface area (Å²) < 4.78 is 17.9. The minimum absolute atomic E-state index is 0.0643. The number of likely N-dealkylation sites (tertiary alicyclic amines) is 1. The zero-order valence-electron chi connectivity index (χ0n) is 19.3. The standard InChI is InChI=1S/C24H29ClN2O6/c1-24(2,3)33-23(30)26-10-8-18(9-11-26)32-19-13-20(22(29)31-4)27(14-19)15-21(28)16-6-5-7-17(25)12-16/h5-7,12-14,18H,8-11,15H2,1-4H3. The van der Waals surface area contributed by atoms with Gasteiger partial charge in [-0.2, -0.15) is 0 Å². The van der Waals surface area contributed by atoms with Crippen molar-refractivity contribution in [1.29, 1.82) is 0 Å². The summed E-state index contributed by atoms with van der Waals surface area (Å²) in [5.74, 6) is -0.302. The number of piperidine rings is 1. The van der Waals surface area contributed by atoms with Crippen LogP contribution in [0.15, 0.2) is 36.5 Å². The Labute approximate surface area is 198 Å². The van der Waals surface area contributed by atoms with Gasteiger partial charge in [0.2, 0.25) is 0 Å². The summed E-state index contributed by atoms with van der Waals surface area (Å²) in [6.07, 6.45) is 2.40. The van der Waals surface area contributed by atoms with Crippen LogP contribution in [0.25, 0.3) is 0 Å². The van der Waals surface area contributed by atoms with Crippen molar-refractivity contribution < 1.29 is 28.6 Å². The Hall–Kier alpha value is -3.00. The Morgan fingerprint density at radius 2 is 1.82 bits per heavy atom. The molecule has 1 aromatic heterocycles. The molecule has 1 aromatic carbocycles. The summed E-state index contributed by atoms with van der Waals surface area (Å²) in [7, 11) is 1.28. The lowest BCUT2D eigenvalue weighted by atomic mass is 10.1. The van der Waals surface area contributed by atoms with Crippen LogP contribution in [0.2, 0.25) is 5.02 Å². The molecule has 33 heavy (non-hydrogen) atoms. The van der Waals surface area contributed by atoms with Gasteiger partial charge in [0.1, 0.15) is 23.1 Å². The van der Waals surface area contributed by atoms with Gasteiger partial charge >= 0.3 is 12.1 Å². The van der Waals surface area contributed by atoms with Crippen LogP contribution in [0.4, 0.5) is 4.79 Å². The van der Waals surface area contributed by atoms with Crippen molar-refractivity contribution >= 4 is 29.4 Å². The fourth-order valence-electron chi connectivity index (χ4n) is 3.54. The van der Waals surface area contributed by atoms with E-state index in [1.807, 2.05) is 20.8 Å². The highest BCUT2D eigenvalue weighted by Gasteiger charge is 2.28. The lowest BCUT2D eigenvalue weighted by molar-refractivity contribution is 0.0126. The molecular formula is C24H29ClN2O6. The molecule has 178 valence electrons. The molecule has 1 aliphatic heterocycles. The highest BCUT2D eigenvalue weighted by Crippen LogP contribution is 2.24. The predicted molar refractivity (Wildman–Crippen MR) is 123 cm³/mol. The fourth-order valence-corrected chi connectivity index (χ4v) is 3.73. The molecule has 8 nitrogen and oxygen atoms in total. The first-order chi connectivity index (χ1) is 15.6. The Balaban J connectivity index is 1.66. The van der Waals surface area contributed by atoms with Gasteiger partial charge in [0.15, 0.2) is 5.78 Å². The average Bonchev–Trinajstić information content (AvgIpc) is 3.14. The Morgan fingerprint density at radius 1 is 1.12 bits per heavy atom. The summed E-state index contributed by atoms with van der Waals surface area (Å²) in [5.41, 5.74) is 0.123. The van der Waals surface area contributed by atoms with E-state index in [0.29, 0.717) is 42.3 Å². The molecule has 0 aliphatic carbocycles. The van der Waals surface area contributed by atoms with E-state index in [0.717, 1.165) is 0 Å². The number of hydrogen-bond donors (Lipinski definition) is 0. The molecule has 3 rings (SSSR count). The van der Waals surface area contributed by atoms with Gasteiger partial charge in [0, 0.05) is 48.8 Å². The van der Waals surface area contributed by atoms with E-state index < -0.39 is 11.6 Å². The van der Waals surface area contributed by atoms with E-state index in [1.54, 1.807) is 41.4 Å². The number of halogens is 1. The van der Waals surface area contributed by atoms with Crippen molar-refractivity contribution in [2.45, 2.75) is 51.9 Å². The second kappa shape index (κ2) is 10.3. The molecule has 0 N–H and O–H groups in total. The lowest BCUT2D eigenvalue weighted by Gasteiger charge is -2.33. The number of carbonyl (C=O) groups is 3. The molecule has 1 saturated heterocycles. The SMILES string of the molecule is COC(=O)c1cc(OC2CCN(C(=O)OC(C)(C)C)CC2)cn1CC(=O)c1cccc(Cl)c1. The number of esters is 1. The zero-order valence-corrected chi connectivity index (χ0v) is 20.1. The molecule has 0 radical (unpaired) electrons. The van der Waals surface area contributed by atoms with Crippen LogP contribution >= 0.6 is 11.6 Å². The second-order valence-electron chi connectivity index (χ2n) is 8.90. The van der Waals surface area contributed by atoms with Gasteiger partial charge in [-0.15, -0.1) is 0 Å². The van der Waals surface area contributed by atoms with Crippen LogP contribution in [0, 0.1) is 0 Å². The van der Waals surface area contributed by atoms with E-state index in [1.165, 1.54) is 11.7 Å². The van der Waals surface area contributed by atoms with Gasteiger partial charge in [-0.05, 0) is 32.9 Å². The van der Waals surface area contributed by atoms with Crippen LogP contribution in [0.3, 0.4) is 0 Å². The van der Waals surface area contributed by atoms with Crippen molar-refractivity contribution in [3.8, 4) is 5.75 Å². The zero-order chi connectivity index (χ0) is 24.2. The molecule has 2 heterocycles. The number of benzene rings is 1. The first kappa shape index (κ1) is 24.6. The van der Waals surface area contributed by atoms with Gasteiger partial charge in [0.25, 0.3) is 0 Å².